The second-order valence-corrected chi connectivity index (χ2v) is 6.17. The molecule has 1 fully saturated rings. The van der Waals surface area contributed by atoms with Gasteiger partial charge in [-0.15, -0.1) is 0 Å². The van der Waals surface area contributed by atoms with Gasteiger partial charge >= 0.3 is 0 Å². The smallest absolute Gasteiger partial charge is 0.264 e. The molecule has 2 aromatic rings. The van der Waals surface area contributed by atoms with Crippen molar-refractivity contribution in [3.8, 4) is 11.5 Å². The first-order valence-electron chi connectivity index (χ1n) is 8.26. The van der Waals surface area contributed by atoms with E-state index in [0.29, 0.717) is 6.10 Å². The Hall–Kier alpha value is -2.17. The van der Waals surface area contributed by atoms with Crippen LogP contribution in [-0.2, 0) is 13.0 Å². The normalized spacial score (nSPS) is 15.0. The molecule has 124 valence electrons. The minimum atomic E-state index is -0.0533. The molecule has 5 heteroatoms. The maximum atomic E-state index is 11.3. The molecular weight excluding hydrogens is 292 g/mol. The van der Waals surface area contributed by atoms with Crippen LogP contribution in [0.3, 0.4) is 0 Å². The zero-order chi connectivity index (χ0) is 16.2. The van der Waals surface area contributed by atoms with Crippen molar-refractivity contribution in [2.75, 3.05) is 7.11 Å². The lowest BCUT2D eigenvalue weighted by Crippen LogP contribution is -2.12. The van der Waals surface area contributed by atoms with Crippen LogP contribution in [0.5, 0.6) is 11.5 Å². The number of ether oxygens (including phenoxy) is 2. The zero-order valence-corrected chi connectivity index (χ0v) is 13.8. The first kappa shape index (κ1) is 15.7. The predicted molar refractivity (Wildman–Crippen MR) is 89.4 cm³/mol. The van der Waals surface area contributed by atoms with Gasteiger partial charge in [-0.05, 0) is 56.7 Å². The topological polar surface area (TPSA) is 56.2 Å². The molecule has 1 aliphatic rings. The molecule has 0 spiro atoms. The van der Waals surface area contributed by atoms with Crippen molar-refractivity contribution in [3.05, 3.63) is 45.9 Å². The number of nitrogens with one attached hydrogen (secondary N) is 1. The van der Waals surface area contributed by atoms with E-state index in [1.54, 1.807) is 13.2 Å². The number of nitrogens with zero attached hydrogens (tertiary/aromatic N) is 1. The molecule has 1 N–H and O–H groups in total. The minimum Gasteiger partial charge on any atom is -0.493 e. The highest BCUT2D eigenvalue weighted by atomic mass is 16.5. The molecule has 0 unspecified atom stereocenters. The highest BCUT2D eigenvalue weighted by molar-refractivity contribution is 5.43. The lowest BCUT2D eigenvalue weighted by Gasteiger charge is -2.17. The van der Waals surface area contributed by atoms with Crippen molar-refractivity contribution < 1.29 is 9.47 Å². The van der Waals surface area contributed by atoms with Gasteiger partial charge in [-0.1, -0.05) is 6.07 Å². The first-order valence-corrected chi connectivity index (χ1v) is 8.26. The van der Waals surface area contributed by atoms with Gasteiger partial charge in [0.2, 0.25) is 0 Å². The van der Waals surface area contributed by atoms with Crippen LogP contribution in [0.25, 0.3) is 0 Å². The Bertz CT molecular complexity index is 711. The molecule has 3 rings (SSSR count). The third-order valence-electron chi connectivity index (χ3n) is 4.46. The van der Waals surface area contributed by atoms with E-state index in [1.807, 2.05) is 17.7 Å². The Morgan fingerprint density at radius 1 is 1.22 bits per heavy atom. The highest BCUT2D eigenvalue weighted by Gasteiger charge is 2.18. The Labute approximate surface area is 136 Å². The molecule has 0 atom stereocenters. The summed E-state index contributed by atoms with van der Waals surface area (Å²) in [7, 11) is 1.67. The molecule has 1 saturated carbocycles. The average Bonchev–Trinajstić information content (AvgIpc) is 3.15. The summed E-state index contributed by atoms with van der Waals surface area (Å²) in [4.78, 5) is 11.3. The van der Waals surface area contributed by atoms with Gasteiger partial charge in [0.25, 0.3) is 5.56 Å². The molecule has 23 heavy (non-hydrogen) atoms. The molecule has 1 heterocycles. The van der Waals surface area contributed by atoms with Crippen molar-refractivity contribution >= 4 is 0 Å². The zero-order valence-electron chi connectivity index (χ0n) is 13.8. The summed E-state index contributed by atoms with van der Waals surface area (Å²) >= 11 is 0. The van der Waals surface area contributed by atoms with Crippen LogP contribution in [0.15, 0.2) is 29.1 Å². The van der Waals surface area contributed by atoms with Crippen LogP contribution in [0.2, 0.25) is 0 Å². The molecule has 1 aromatic carbocycles. The summed E-state index contributed by atoms with van der Waals surface area (Å²) in [6.07, 6.45) is 5.87. The van der Waals surface area contributed by atoms with Crippen molar-refractivity contribution in [2.24, 2.45) is 0 Å². The van der Waals surface area contributed by atoms with E-state index in [1.165, 1.54) is 18.4 Å². The molecule has 1 aliphatic carbocycles. The maximum absolute atomic E-state index is 11.3. The van der Waals surface area contributed by atoms with Gasteiger partial charge in [0.05, 0.1) is 13.2 Å². The van der Waals surface area contributed by atoms with Gasteiger partial charge in [0, 0.05) is 18.3 Å². The number of hydrogen-bond acceptors (Lipinski definition) is 3. The summed E-state index contributed by atoms with van der Waals surface area (Å²) in [5.41, 5.74) is 2.07. The largest absolute Gasteiger partial charge is 0.493 e. The van der Waals surface area contributed by atoms with Crippen LogP contribution in [0, 0.1) is 6.92 Å². The monoisotopic (exact) mass is 316 g/mol. The number of hydrogen-bond donors (Lipinski definition) is 1. The standard InChI is InChI=1S/C18H24N2O3/c1-13-11-18(21)19-20(13)10-9-14-7-8-16(22-2)17(12-14)23-15-5-3-4-6-15/h7-8,11-12,15H,3-6,9-10H2,1-2H3,(H,19,21). The molecule has 0 aliphatic heterocycles. The van der Waals surface area contributed by atoms with Crippen LogP contribution in [-0.4, -0.2) is 23.0 Å². The minimum absolute atomic E-state index is 0.0533. The fourth-order valence-electron chi connectivity index (χ4n) is 3.15. The Balaban J connectivity index is 1.71. The summed E-state index contributed by atoms with van der Waals surface area (Å²) in [6, 6.07) is 7.69. The summed E-state index contributed by atoms with van der Waals surface area (Å²) in [5.74, 6) is 1.61. The Morgan fingerprint density at radius 3 is 2.65 bits per heavy atom. The number of rotatable bonds is 6. The fourth-order valence-corrected chi connectivity index (χ4v) is 3.15. The van der Waals surface area contributed by atoms with Crippen LogP contribution in [0.1, 0.15) is 36.9 Å². The van der Waals surface area contributed by atoms with Crippen molar-refractivity contribution in [1.82, 2.24) is 9.78 Å². The van der Waals surface area contributed by atoms with Crippen molar-refractivity contribution in [3.63, 3.8) is 0 Å². The predicted octanol–water partition coefficient (Wildman–Crippen LogP) is 3.06. The van der Waals surface area contributed by atoms with Gasteiger partial charge in [-0.3, -0.25) is 14.6 Å². The van der Waals surface area contributed by atoms with Crippen molar-refractivity contribution in [2.45, 2.75) is 51.7 Å². The van der Waals surface area contributed by atoms with Gasteiger partial charge < -0.3 is 9.47 Å². The summed E-state index contributed by atoms with van der Waals surface area (Å²) in [6.45, 7) is 2.67. The molecular formula is C18H24N2O3. The van der Waals surface area contributed by atoms with Gasteiger partial charge in [-0.25, -0.2) is 0 Å². The fraction of sp³-hybridized carbons (Fsp3) is 0.500. The van der Waals surface area contributed by atoms with Crippen LogP contribution in [0.4, 0.5) is 0 Å². The summed E-state index contributed by atoms with van der Waals surface area (Å²) in [5, 5.41) is 2.82. The lowest BCUT2D eigenvalue weighted by molar-refractivity contribution is 0.200. The van der Waals surface area contributed by atoms with Crippen molar-refractivity contribution in [1.29, 1.82) is 0 Å². The number of aromatic amines is 1. The summed E-state index contributed by atoms with van der Waals surface area (Å²) < 4.78 is 13.4. The Morgan fingerprint density at radius 2 is 2.00 bits per heavy atom. The van der Waals surface area contributed by atoms with Gasteiger partial charge in [0.1, 0.15) is 0 Å². The van der Waals surface area contributed by atoms with E-state index in [2.05, 4.69) is 17.2 Å². The molecule has 0 radical (unpaired) electrons. The molecule has 0 amide bonds. The number of H-pyrrole nitrogens is 1. The second-order valence-electron chi connectivity index (χ2n) is 6.17. The molecule has 5 nitrogen and oxygen atoms in total. The van der Waals surface area contributed by atoms with E-state index in [-0.39, 0.29) is 5.56 Å². The number of methoxy groups -OCH3 is 1. The molecule has 1 aromatic heterocycles. The molecule has 0 saturated heterocycles. The van der Waals surface area contributed by atoms with Gasteiger partial charge in [-0.2, -0.15) is 0 Å². The number of aromatic nitrogens is 2. The van der Waals surface area contributed by atoms with E-state index >= 15 is 0 Å². The SMILES string of the molecule is COc1ccc(CCn2[nH]c(=O)cc2C)cc1OC1CCCC1. The van der Waals surface area contributed by atoms with Crippen LogP contribution >= 0.6 is 0 Å². The number of aryl methyl sites for hydroxylation is 3. The third kappa shape index (κ3) is 3.78. The Kier molecular flexibility index (Phi) is 4.74. The maximum Gasteiger partial charge on any atom is 0.264 e. The van der Waals surface area contributed by atoms with Gasteiger partial charge in [0.15, 0.2) is 11.5 Å². The van der Waals surface area contributed by atoms with E-state index < -0.39 is 0 Å². The van der Waals surface area contributed by atoms with Crippen LogP contribution < -0.4 is 15.0 Å². The molecule has 0 bridgehead atoms. The highest BCUT2D eigenvalue weighted by Crippen LogP contribution is 2.32. The van der Waals surface area contributed by atoms with E-state index in [9.17, 15) is 4.79 Å². The number of benzene rings is 1. The second kappa shape index (κ2) is 6.94. The first-order chi connectivity index (χ1) is 11.2. The third-order valence-corrected chi connectivity index (χ3v) is 4.46. The average molecular weight is 316 g/mol. The lowest BCUT2D eigenvalue weighted by atomic mass is 10.1. The van der Waals surface area contributed by atoms with E-state index in [4.69, 9.17) is 9.47 Å². The quantitative estimate of drug-likeness (QED) is 0.891. The van der Waals surface area contributed by atoms with E-state index in [0.717, 1.165) is 43.0 Å².